The third kappa shape index (κ3) is 35.7. The molecule has 0 unspecified atom stereocenters. The van der Waals surface area contributed by atoms with Crippen LogP contribution in [0.2, 0.25) is 0 Å². The molecule has 0 aliphatic carbocycles. The van der Waals surface area contributed by atoms with Crippen molar-refractivity contribution in [3.63, 3.8) is 0 Å². The Labute approximate surface area is 168 Å². The molecule has 0 aromatic rings. The standard InChI is InChI=1S/C10H22N2.C10H20N2.Mn/c2*1-9(2,3)11-7-8-12-10(4,5)6;/h7-8H2,1-6H3;7-8H,1-6H3;/q-2;;. The van der Waals surface area contributed by atoms with Crippen LogP contribution in [0.1, 0.15) is 83.1 Å². The molecule has 5 heteroatoms. The molecule has 0 heterocycles. The first kappa shape index (κ1) is 29.5. The van der Waals surface area contributed by atoms with Crippen LogP contribution in [-0.4, -0.2) is 47.7 Å². The largest absolute Gasteiger partial charge is 0.659 e. The molecule has 0 atom stereocenters. The molecule has 0 saturated heterocycles. The number of hydrogen-bond donors (Lipinski definition) is 0. The van der Waals surface area contributed by atoms with Gasteiger partial charge in [-0.2, -0.15) is 13.1 Å². The summed E-state index contributed by atoms with van der Waals surface area (Å²) in [5.74, 6) is 0. The van der Waals surface area contributed by atoms with Crippen molar-refractivity contribution in [1.29, 1.82) is 0 Å². The Bertz CT molecular complexity index is 336. The van der Waals surface area contributed by atoms with Gasteiger partial charge in [0, 0.05) is 29.5 Å². The molecular weight excluding hydrogens is 351 g/mol. The predicted octanol–water partition coefficient (Wildman–Crippen LogP) is 6.05. The summed E-state index contributed by atoms with van der Waals surface area (Å²) < 4.78 is 0. The second kappa shape index (κ2) is 12.2. The van der Waals surface area contributed by atoms with Crippen molar-refractivity contribution in [1.82, 2.24) is 0 Å². The minimum atomic E-state index is 0. The maximum atomic E-state index is 4.47. The van der Waals surface area contributed by atoms with Crippen molar-refractivity contribution in [2.24, 2.45) is 9.98 Å². The molecule has 4 nitrogen and oxygen atoms in total. The summed E-state index contributed by atoms with van der Waals surface area (Å²) in [6.45, 7) is 26.8. The Hall–Kier alpha value is -0.221. The maximum Gasteiger partial charge on any atom is 0.0524 e. The van der Waals surface area contributed by atoms with Gasteiger partial charge in [-0.1, -0.05) is 41.5 Å². The zero-order valence-electron chi connectivity index (χ0n) is 18.7. The van der Waals surface area contributed by atoms with Gasteiger partial charge < -0.3 is 10.6 Å². The fourth-order valence-corrected chi connectivity index (χ4v) is 1.28. The Morgan fingerprint density at radius 3 is 0.960 bits per heavy atom. The van der Waals surface area contributed by atoms with E-state index in [1.807, 2.05) is 0 Å². The first-order chi connectivity index (χ1) is 10.4. The van der Waals surface area contributed by atoms with E-state index >= 15 is 0 Å². The van der Waals surface area contributed by atoms with Crippen LogP contribution >= 0.6 is 0 Å². The molecule has 0 aromatic carbocycles. The van der Waals surface area contributed by atoms with E-state index in [4.69, 9.17) is 0 Å². The predicted molar refractivity (Wildman–Crippen MR) is 112 cm³/mol. The summed E-state index contributed by atoms with van der Waals surface area (Å²) in [5.41, 5.74) is 0.189. The monoisotopic (exact) mass is 393 g/mol. The van der Waals surface area contributed by atoms with E-state index in [2.05, 4.69) is 104 Å². The number of rotatable bonds is 4. The molecule has 0 aliphatic rings. The van der Waals surface area contributed by atoms with Crippen molar-refractivity contribution in [3.05, 3.63) is 10.6 Å². The van der Waals surface area contributed by atoms with Crippen molar-refractivity contribution in [2.45, 2.75) is 105 Å². The van der Waals surface area contributed by atoms with Gasteiger partial charge in [-0.3, -0.25) is 9.98 Å². The van der Waals surface area contributed by atoms with Gasteiger partial charge >= 0.3 is 0 Å². The SMILES string of the molecule is CC(C)(C)N=CC=NC(C)(C)C.CC(C)(C)[N-]CC[N-]C(C)(C)C.[Mn]. The average Bonchev–Trinajstić information content (AvgIpc) is 2.27. The molecule has 0 fully saturated rings. The van der Waals surface area contributed by atoms with Crippen LogP contribution in [-0.2, 0) is 17.1 Å². The van der Waals surface area contributed by atoms with E-state index in [1.165, 1.54) is 0 Å². The fraction of sp³-hybridized carbons (Fsp3) is 0.900. The minimum absolute atomic E-state index is 0. The number of hydrogen-bond acceptors (Lipinski definition) is 2. The summed E-state index contributed by atoms with van der Waals surface area (Å²) in [6.07, 6.45) is 3.54. The third-order valence-electron chi connectivity index (χ3n) is 2.26. The normalized spacial score (nSPS) is 13.6. The van der Waals surface area contributed by atoms with E-state index < -0.39 is 0 Å². The van der Waals surface area contributed by atoms with Gasteiger partial charge in [-0.05, 0) is 41.5 Å². The molecule has 151 valence electrons. The second-order valence-electron chi connectivity index (χ2n) is 10.0. The Morgan fingerprint density at radius 1 is 0.560 bits per heavy atom. The molecule has 0 saturated carbocycles. The fourth-order valence-electron chi connectivity index (χ4n) is 1.28. The number of aliphatic imine (C=N–C) groups is 2. The van der Waals surface area contributed by atoms with Crippen molar-refractivity contribution in [3.8, 4) is 0 Å². The quantitative estimate of drug-likeness (QED) is 0.317. The Morgan fingerprint density at radius 2 is 0.800 bits per heavy atom. The molecule has 0 spiro atoms. The van der Waals surface area contributed by atoms with E-state index in [1.54, 1.807) is 12.4 Å². The molecule has 1 radical (unpaired) electrons. The van der Waals surface area contributed by atoms with Gasteiger partial charge in [0.05, 0.1) is 11.1 Å². The van der Waals surface area contributed by atoms with Gasteiger partial charge in [0.2, 0.25) is 0 Å². The van der Waals surface area contributed by atoms with Crippen LogP contribution in [0.3, 0.4) is 0 Å². The molecule has 0 aromatic heterocycles. The summed E-state index contributed by atoms with van der Waals surface area (Å²) in [7, 11) is 0. The maximum absolute atomic E-state index is 4.47. The third-order valence-corrected chi connectivity index (χ3v) is 2.26. The molecule has 25 heavy (non-hydrogen) atoms. The smallest absolute Gasteiger partial charge is 0.0524 e. The van der Waals surface area contributed by atoms with E-state index in [9.17, 15) is 0 Å². The van der Waals surface area contributed by atoms with Gasteiger partial charge in [-0.15, -0.1) is 11.1 Å². The van der Waals surface area contributed by atoms with Gasteiger partial charge in [0.25, 0.3) is 0 Å². The van der Waals surface area contributed by atoms with Crippen LogP contribution in [0.25, 0.3) is 10.6 Å². The van der Waals surface area contributed by atoms with E-state index in [-0.39, 0.29) is 39.2 Å². The topological polar surface area (TPSA) is 52.9 Å². The van der Waals surface area contributed by atoms with E-state index in [0.717, 1.165) is 13.1 Å². The molecule has 0 amide bonds. The summed E-state index contributed by atoms with van der Waals surface area (Å²) in [4.78, 5) is 8.57. The van der Waals surface area contributed by atoms with Crippen LogP contribution in [0.4, 0.5) is 0 Å². The minimum Gasteiger partial charge on any atom is -0.659 e. The summed E-state index contributed by atoms with van der Waals surface area (Å²) in [6, 6.07) is 0. The molecule has 0 N–H and O–H groups in total. The second-order valence-corrected chi connectivity index (χ2v) is 10.0. The average molecular weight is 394 g/mol. The van der Waals surface area contributed by atoms with Gasteiger partial charge in [0.1, 0.15) is 0 Å². The van der Waals surface area contributed by atoms with Crippen LogP contribution in [0.5, 0.6) is 0 Å². The summed E-state index contributed by atoms with van der Waals surface area (Å²) in [5, 5.41) is 8.93. The van der Waals surface area contributed by atoms with Crippen LogP contribution in [0.15, 0.2) is 9.98 Å². The first-order valence-corrected chi connectivity index (χ1v) is 8.88. The summed E-state index contributed by atoms with van der Waals surface area (Å²) >= 11 is 0. The van der Waals surface area contributed by atoms with Crippen LogP contribution < -0.4 is 0 Å². The van der Waals surface area contributed by atoms with Crippen molar-refractivity contribution >= 4 is 12.4 Å². The molecule has 0 aliphatic heterocycles. The zero-order chi connectivity index (χ0) is 19.7. The Balaban J connectivity index is -0.000000372. The van der Waals surface area contributed by atoms with Gasteiger partial charge in [-0.25, -0.2) is 0 Å². The van der Waals surface area contributed by atoms with E-state index in [0.29, 0.717) is 0 Å². The van der Waals surface area contributed by atoms with Crippen LogP contribution in [0, 0.1) is 0 Å². The first-order valence-electron chi connectivity index (χ1n) is 8.88. The number of nitrogens with zero attached hydrogens (tertiary/aromatic N) is 4. The molecular formula is C20H42MnN4-2. The zero-order valence-corrected chi connectivity index (χ0v) is 19.9. The Kier molecular flexibility index (Phi) is 14.4. The van der Waals surface area contributed by atoms with Crippen molar-refractivity contribution < 1.29 is 17.1 Å². The van der Waals surface area contributed by atoms with Gasteiger partial charge in [0.15, 0.2) is 0 Å². The molecule has 0 bridgehead atoms. The van der Waals surface area contributed by atoms with Crippen molar-refractivity contribution in [2.75, 3.05) is 13.1 Å². The molecule has 0 rings (SSSR count).